The van der Waals surface area contributed by atoms with Crippen molar-refractivity contribution in [2.24, 2.45) is 0 Å². The quantitative estimate of drug-likeness (QED) is 0.592. The molecule has 0 bridgehead atoms. The molecule has 1 aromatic carbocycles. The van der Waals surface area contributed by atoms with Crippen molar-refractivity contribution in [1.29, 1.82) is 0 Å². The molecule has 134 valence electrons. The van der Waals surface area contributed by atoms with E-state index in [0.29, 0.717) is 35.0 Å². The van der Waals surface area contributed by atoms with Gasteiger partial charge in [-0.25, -0.2) is 0 Å². The first-order valence-corrected chi connectivity index (χ1v) is 9.44. The van der Waals surface area contributed by atoms with Crippen molar-refractivity contribution >= 4 is 40.4 Å². The molecular weight excluding hydrogens is 370 g/mol. The van der Waals surface area contributed by atoms with Gasteiger partial charge in [-0.05, 0) is 48.2 Å². The number of rotatable bonds is 7. The Labute approximate surface area is 160 Å². The van der Waals surface area contributed by atoms with Crippen LogP contribution in [0.1, 0.15) is 22.5 Å². The van der Waals surface area contributed by atoms with Crippen LogP contribution in [0.25, 0.3) is 5.69 Å². The molecular formula is C19H18ClN3O2S. The first-order valence-electron chi connectivity index (χ1n) is 8.18. The van der Waals surface area contributed by atoms with Gasteiger partial charge in [0.05, 0.1) is 16.3 Å². The summed E-state index contributed by atoms with van der Waals surface area (Å²) in [5.41, 5.74) is 1.50. The number of amides is 2. The Kier molecular flexibility index (Phi) is 6.09. The van der Waals surface area contributed by atoms with E-state index in [9.17, 15) is 9.59 Å². The average Bonchev–Trinajstić information content (AvgIpc) is 3.33. The number of benzene rings is 1. The lowest BCUT2D eigenvalue weighted by molar-refractivity contribution is -0.116. The molecule has 0 aliphatic carbocycles. The Bertz CT molecular complexity index is 876. The molecule has 2 N–H and O–H groups in total. The third-order valence-electron chi connectivity index (χ3n) is 3.73. The summed E-state index contributed by atoms with van der Waals surface area (Å²) in [5.74, 6) is -0.209. The summed E-state index contributed by atoms with van der Waals surface area (Å²) in [6.45, 7) is 0.454. The highest BCUT2D eigenvalue weighted by Crippen LogP contribution is 2.25. The summed E-state index contributed by atoms with van der Waals surface area (Å²) in [5, 5.41) is 8.19. The molecule has 2 amide bonds. The maximum absolute atomic E-state index is 12.2. The van der Waals surface area contributed by atoms with Crippen molar-refractivity contribution < 1.29 is 9.59 Å². The number of hydrogen-bond donors (Lipinski definition) is 2. The minimum absolute atomic E-state index is 0.104. The van der Waals surface area contributed by atoms with Crippen LogP contribution in [-0.4, -0.2) is 22.9 Å². The Morgan fingerprint density at radius 3 is 2.65 bits per heavy atom. The van der Waals surface area contributed by atoms with Crippen molar-refractivity contribution in [3.05, 3.63) is 70.1 Å². The molecule has 0 aliphatic rings. The number of carbonyl (C=O) groups excluding carboxylic acids is 2. The van der Waals surface area contributed by atoms with Crippen LogP contribution in [0.2, 0.25) is 5.02 Å². The van der Waals surface area contributed by atoms with Crippen LogP contribution in [-0.2, 0) is 4.79 Å². The molecule has 2 aromatic heterocycles. The molecule has 0 fully saturated rings. The lowest BCUT2D eigenvalue weighted by Gasteiger charge is -2.13. The molecule has 0 aliphatic heterocycles. The number of nitrogens with one attached hydrogen (secondary N) is 2. The van der Waals surface area contributed by atoms with Gasteiger partial charge >= 0.3 is 0 Å². The number of carbonyl (C=O) groups is 2. The highest BCUT2D eigenvalue weighted by Gasteiger charge is 2.10. The zero-order valence-electron chi connectivity index (χ0n) is 13.9. The van der Waals surface area contributed by atoms with Crippen molar-refractivity contribution in [2.45, 2.75) is 12.8 Å². The van der Waals surface area contributed by atoms with Gasteiger partial charge < -0.3 is 15.2 Å². The maximum Gasteiger partial charge on any atom is 0.261 e. The summed E-state index contributed by atoms with van der Waals surface area (Å²) in [7, 11) is 0. The van der Waals surface area contributed by atoms with E-state index in [-0.39, 0.29) is 11.8 Å². The monoisotopic (exact) mass is 387 g/mol. The van der Waals surface area contributed by atoms with E-state index in [1.807, 2.05) is 40.5 Å². The van der Waals surface area contributed by atoms with Crippen molar-refractivity contribution in [3.63, 3.8) is 0 Å². The second-order valence-electron chi connectivity index (χ2n) is 5.64. The van der Waals surface area contributed by atoms with Gasteiger partial charge in [0.25, 0.3) is 5.91 Å². The van der Waals surface area contributed by atoms with Crippen LogP contribution >= 0.6 is 22.9 Å². The van der Waals surface area contributed by atoms with Gasteiger partial charge in [-0.3, -0.25) is 9.59 Å². The van der Waals surface area contributed by atoms with Gasteiger partial charge in [0.15, 0.2) is 0 Å². The van der Waals surface area contributed by atoms with Gasteiger partial charge in [0, 0.05) is 30.4 Å². The minimum Gasteiger partial charge on any atom is -0.351 e. The number of hydrogen-bond acceptors (Lipinski definition) is 3. The van der Waals surface area contributed by atoms with Gasteiger partial charge in [-0.1, -0.05) is 17.7 Å². The standard InChI is InChI=1S/C19H18ClN3O2S/c20-14-7-8-15(16(13-14)23-10-1-2-11-23)22-18(24)6-3-9-21-19(25)17-5-4-12-26-17/h1-2,4-5,7-8,10-13H,3,6,9H2,(H,21,25)(H,22,24). The zero-order chi connectivity index (χ0) is 18.4. The predicted octanol–water partition coefficient (Wildman–Crippen LogP) is 4.34. The number of thiophene rings is 1. The van der Waals surface area contributed by atoms with Crippen molar-refractivity contribution in [2.75, 3.05) is 11.9 Å². The summed E-state index contributed by atoms with van der Waals surface area (Å²) in [4.78, 5) is 24.7. The number of halogens is 1. The normalized spacial score (nSPS) is 10.5. The Balaban J connectivity index is 1.52. The summed E-state index contributed by atoms with van der Waals surface area (Å²) in [6.07, 6.45) is 4.66. The molecule has 3 rings (SSSR count). The average molecular weight is 388 g/mol. The van der Waals surface area contributed by atoms with Crippen LogP contribution in [0.5, 0.6) is 0 Å². The Hall–Kier alpha value is -2.57. The fraction of sp³-hybridized carbons (Fsp3) is 0.158. The first-order chi connectivity index (χ1) is 12.6. The van der Waals surface area contributed by atoms with Gasteiger partial charge in [-0.2, -0.15) is 0 Å². The SMILES string of the molecule is O=C(CCCNC(=O)c1cccs1)Nc1ccc(Cl)cc1-n1cccc1. The molecule has 0 radical (unpaired) electrons. The zero-order valence-corrected chi connectivity index (χ0v) is 15.5. The molecule has 5 nitrogen and oxygen atoms in total. The fourth-order valence-corrected chi connectivity index (χ4v) is 3.28. The van der Waals surface area contributed by atoms with Crippen LogP contribution in [0.15, 0.2) is 60.2 Å². The van der Waals surface area contributed by atoms with E-state index in [1.54, 1.807) is 24.3 Å². The third kappa shape index (κ3) is 4.74. The molecule has 0 atom stereocenters. The van der Waals surface area contributed by atoms with Gasteiger partial charge in [0.2, 0.25) is 5.91 Å². The summed E-state index contributed by atoms with van der Waals surface area (Å²) < 4.78 is 1.89. The fourth-order valence-electron chi connectivity index (χ4n) is 2.48. The molecule has 0 unspecified atom stereocenters. The van der Waals surface area contributed by atoms with Gasteiger partial charge in [-0.15, -0.1) is 11.3 Å². The van der Waals surface area contributed by atoms with E-state index >= 15 is 0 Å². The third-order valence-corrected chi connectivity index (χ3v) is 4.83. The number of nitrogens with zero attached hydrogens (tertiary/aromatic N) is 1. The van der Waals surface area contributed by atoms with E-state index in [2.05, 4.69) is 10.6 Å². The molecule has 0 spiro atoms. The highest BCUT2D eigenvalue weighted by atomic mass is 35.5. The second kappa shape index (κ2) is 8.69. The topological polar surface area (TPSA) is 63.1 Å². The summed E-state index contributed by atoms with van der Waals surface area (Å²) >= 11 is 7.47. The lowest BCUT2D eigenvalue weighted by atomic mass is 10.2. The molecule has 2 heterocycles. The molecule has 0 saturated heterocycles. The van der Waals surface area contributed by atoms with Crippen LogP contribution in [0, 0.1) is 0 Å². The molecule has 26 heavy (non-hydrogen) atoms. The minimum atomic E-state index is -0.105. The van der Waals surface area contributed by atoms with Crippen molar-refractivity contribution in [1.82, 2.24) is 9.88 Å². The second-order valence-corrected chi connectivity index (χ2v) is 7.02. The van der Waals surface area contributed by atoms with Gasteiger partial charge in [0.1, 0.15) is 0 Å². The predicted molar refractivity (Wildman–Crippen MR) is 105 cm³/mol. The first kappa shape index (κ1) is 18.2. The van der Waals surface area contributed by atoms with E-state index in [0.717, 1.165) is 5.69 Å². The lowest BCUT2D eigenvalue weighted by Crippen LogP contribution is -2.24. The van der Waals surface area contributed by atoms with E-state index in [4.69, 9.17) is 11.6 Å². The molecule has 3 aromatic rings. The van der Waals surface area contributed by atoms with Crippen LogP contribution < -0.4 is 10.6 Å². The van der Waals surface area contributed by atoms with E-state index in [1.165, 1.54) is 11.3 Å². The van der Waals surface area contributed by atoms with E-state index < -0.39 is 0 Å². The maximum atomic E-state index is 12.2. The number of aromatic nitrogens is 1. The number of anilines is 1. The Morgan fingerprint density at radius 2 is 1.92 bits per heavy atom. The molecule has 0 saturated carbocycles. The Morgan fingerprint density at radius 1 is 1.12 bits per heavy atom. The van der Waals surface area contributed by atoms with Crippen LogP contribution in [0.3, 0.4) is 0 Å². The van der Waals surface area contributed by atoms with Crippen molar-refractivity contribution in [3.8, 4) is 5.69 Å². The largest absolute Gasteiger partial charge is 0.351 e. The highest BCUT2D eigenvalue weighted by molar-refractivity contribution is 7.12. The van der Waals surface area contributed by atoms with Crippen LogP contribution in [0.4, 0.5) is 5.69 Å². The molecule has 7 heteroatoms. The summed E-state index contributed by atoms with van der Waals surface area (Å²) in [6, 6.07) is 12.8. The smallest absolute Gasteiger partial charge is 0.261 e.